The molecule has 6 heteroatoms. The van der Waals surface area contributed by atoms with Crippen molar-refractivity contribution in [3.05, 3.63) is 29.8 Å². The number of amides is 2. The largest absolute Gasteiger partial charge is 0.493 e. The smallest absolute Gasteiger partial charge is 0.258 e. The van der Waals surface area contributed by atoms with Crippen LogP contribution in [0.25, 0.3) is 0 Å². The monoisotopic (exact) mass is 291 g/mol. The Kier molecular flexibility index (Phi) is 4.80. The molecule has 1 heterocycles. The van der Waals surface area contributed by atoms with Gasteiger partial charge in [0.2, 0.25) is 5.91 Å². The maximum atomic E-state index is 12.7. The van der Waals surface area contributed by atoms with Gasteiger partial charge in [-0.05, 0) is 25.5 Å². The van der Waals surface area contributed by atoms with Crippen LogP contribution >= 0.6 is 0 Å². The Bertz CT molecular complexity index is 533. The van der Waals surface area contributed by atoms with Crippen LogP contribution in [0.1, 0.15) is 23.7 Å². The van der Waals surface area contributed by atoms with Crippen molar-refractivity contribution in [2.24, 2.45) is 5.73 Å². The van der Waals surface area contributed by atoms with Crippen molar-refractivity contribution in [3.63, 3.8) is 0 Å². The number of likely N-dealkylation sites (tertiary alicyclic amines) is 1. The summed E-state index contributed by atoms with van der Waals surface area (Å²) in [5.41, 5.74) is 6.38. The van der Waals surface area contributed by atoms with Crippen LogP contribution in [0.3, 0.4) is 0 Å². The second-order valence-corrected chi connectivity index (χ2v) is 5.01. The first-order valence-electron chi connectivity index (χ1n) is 7.08. The highest BCUT2D eigenvalue weighted by Gasteiger charge is 2.38. The zero-order valence-corrected chi connectivity index (χ0v) is 12.3. The maximum Gasteiger partial charge on any atom is 0.258 e. The molecule has 3 N–H and O–H groups in total. The number of carbonyl (C=O) groups excluding carboxylic acids is 2. The van der Waals surface area contributed by atoms with Gasteiger partial charge in [-0.15, -0.1) is 0 Å². The van der Waals surface area contributed by atoms with Crippen molar-refractivity contribution in [1.82, 2.24) is 10.2 Å². The van der Waals surface area contributed by atoms with Crippen LogP contribution in [0.15, 0.2) is 24.3 Å². The predicted molar refractivity (Wildman–Crippen MR) is 79.1 cm³/mol. The zero-order chi connectivity index (χ0) is 15.4. The molecule has 1 fully saturated rings. The van der Waals surface area contributed by atoms with Crippen LogP contribution in [0, 0.1) is 0 Å². The number of carbonyl (C=O) groups is 2. The number of likely N-dealkylation sites (N-methyl/N-ethyl adjacent to an activating group) is 1. The molecule has 0 radical (unpaired) electrons. The van der Waals surface area contributed by atoms with Crippen molar-refractivity contribution < 1.29 is 14.3 Å². The zero-order valence-electron chi connectivity index (χ0n) is 12.3. The summed E-state index contributed by atoms with van der Waals surface area (Å²) in [5, 5.41) is 2.58. The molecule has 6 nitrogen and oxygen atoms in total. The van der Waals surface area contributed by atoms with E-state index in [-0.39, 0.29) is 17.9 Å². The predicted octanol–water partition coefficient (Wildman–Crippen LogP) is 0.373. The molecule has 0 spiro atoms. The molecule has 1 aliphatic rings. The highest BCUT2D eigenvalue weighted by molar-refractivity contribution is 6.00. The number of rotatable bonds is 4. The van der Waals surface area contributed by atoms with Gasteiger partial charge in [-0.3, -0.25) is 9.59 Å². The first-order valence-corrected chi connectivity index (χ1v) is 7.08. The molecule has 2 rings (SSSR count). The lowest BCUT2D eigenvalue weighted by atomic mass is 10.1. The van der Waals surface area contributed by atoms with Crippen LogP contribution in [-0.2, 0) is 4.79 Å². The molecule has 0 saturated carbocycles. The van der Waals surface area contributed by atoms with Gasteiger partial charge < -0.3 is 20.7 Å². The highest BCUT2D eigenvalue weighted by atomic mass is 16.5. The standard InChI is InChI=1S/C15H21N3O3/c1-3-21-13-7-5-4-6-11(13)15(20)18-9-10(16)8-12(18)14(19)17-2/h4-7,10,12H,3,8-9,16H2,1-2H3,(H,17,19)/t10-,12+/m1/s1. The van der Waals surface area contributed by atoms with Crippen LogP contribution in [0.5, 0.6) is 5.75 Å². The fraction of sp³-hybridized carbons (Fsp3) is 0.467. The Morgan fingerprint density at radius 1 is 1.43 bits per heavy atom. The van der Waals surface area contributed by atoms with E-state index in [0.717, 1.165) is 0 Å². The van der Waals surface area contributed by atoms with Gasteiger partial charge in [0.1, 0.15) is 11.8 Å². The number of hydrogen-bond donors (Lipinski definition) is 2. The Balaban J connectivity index is 2.28. The Morgan fingerprint density at radius 3 is 2.81 bits per heavy atom. The molecular weight excluding hydrogens is 270 g/mol. The Labute approximate surface area is 124 Å². The summed E-state index contributed by atoms with van der Waals surface area (Å²) in [7, 11) is 1.56. The molecule has 1 aromatic carbocycles. The van der Waals surface area contributed by atoms with E-state index in [9.17, 15) is 9.59 Å². The van der Waals surface area contributed by atoms with Gasteiger partial charge in [-0.2, -0.15) is 0 Å². The van der Waals surface area contributed by atoms with Gasteiger partial charge in [0.25, 0.3) is 5.91 Å². The minimum atomic E-state index is -0.521. The molecule has 2 atom stereocenters. The van der Waals surface area contributed by atoms with E-state index in [1.165, 1.54) is 4.90 Å². The number of para-hydroxylation sites is 1. The molecule has 0 unspecified atom stereocenters. The SMILES string of the molecule is CCOc1ccccc1C(=O)N1C[C@H](N)C[C@H]1C(=O)NC. The second kappa shape index (κ2) is 6.58. The fourth-order valence-corrected chi connectivity index (χ4v) is 2.59. The summed E-state index contributed by atoms with van der Waals surface area (Å²) in [6, 6.07) is 6.34. The molecule has 0 aromatic heterocycles. The molecule has 114 valence electrons. The van der Waals surface area contributed by atoms with E-state index in [1.807, 2.05) is 13.0 Å². The number of nitrogens with one attached hydrogen (secondary N) is 1. The first-order chi connectivity index (χ1) is 10.1. The van der Waals surface area contributed by atoms with E-state index in [0.29, 0.717) is 30.9 Å². The fourth-order valence-electron chi connectivity index (χ4n) is 2.59. The van der Waals surface area contributed by atoms with Gasteiger partial charge in [-0.1, -0.05) is 12.1 Å². The van der Waals surface area contributed by atoms with Crippen LogP contribution < -0.4 is 15.8 Å². The molecule has 2 amide bonds. The van der Waals surface area contributed by atoms with Crippen molar-refractivity contribution in [3.8, 4) is 5.75 Å². The van der Waals surface area contributed by atoms with E-state index in [1.54, 1.807) is 25.2 Å². The maximum absolute atomic E-state index is 12.7. The lowest BCUT2D eigenvalue weighted by molar-refractivity contribution is -0.124. The molecule has 1 saturated heterocycles. The Morgan fingerprint density at radius 2 is 2.14 bits per heavy atom. The molecule has 0 bridgehead atoms. The minimum absolute atomic E-state index is 0.185. The summed E-state index contributed by atoms with van der Waals surface area (Å²) in [6.45, 7) is 2.71. The van der Waals surface area contributed by atoms with Crippen LogP contribution in [0.4, 0.5) is 0 Å². The normalized spacial score (nSPS) is 21.2. The van der Waals surface area contributed by atoms with Crippen molar-refractivity contribution >= 4 is 11.8 Å². The number of nitrogens with two attached hydrogens (primary N) is 1. The second-order valence-electron chi connectivity index (χ2n) is 5.01. The first kappa shape index (κ1) is 15.3. The summed E-state index contributed by atoms with van der Waals surface area (Å²) in [5.74, 6) is 0.118. The average molecular weight is 291 g/mol. The van der Waals surface area contributed by atoms with E-state index in [4.69, 9.17) is 10.5 Å². The van der Waals surface area contributed by atoms with Gasteiger partial charge >= 0.3 is 0 Å². The topological polar surface area (TPSA) is 84.7 Å². The molecule has 0 aliphatic carbocycles. The summed E-state index contributed by atoms with van der Waals surface area (Å²) >= 11 is 0. The van der Waals surface area contributed by atoms with E-state index in [2.05, 4.69) is 5.32 Å². The van der Waals surface area contributed by atoms with Gasteiger partial charge in [0, 0.05) is 19.6 Å². The molecular formula is C15H21N3O3. The summed E-state index contributed by atoms with van der Waals surface area (Å²) < 4.78 is 5.49. The molecule has 1 aliphatic heterocycles. The lowest BCUT2D eigenvalue weighted by Gasteiger charge is -2.24. The third-order valence-corrected chi connectivity index (χ3v) is 3.56. The Hall–Kier alpha value is -2.08. The lowest BCUT2D eigenvalue weighted by Crippen LogP contribution is -2.45. The van der Waals surface area contributed by atoms with Crippen LogP contribution in [0.2, 0.25) is 0 Å². The van der Waals surface area contributed by atoms with Gasteiger partial charge in [-0.25, -0.2) is 0 Å². The third kappa shape index (κ3) is 3.16. The summed E-state index contributed by atoms with van der Waals surface area (Å²) in [4.78, 5) is 26.2. The van der Waals surface area contributed by atoms with E-state index >= 15 is 0 Å². The quantitative estimate of drug-likeness (QED) is 0.839. The number of benzene rings is 1. The van der Waals surface area contributed by atoms with Gasteiger partial charge in [0.15, 0.2) is 0 Å². The number of ether oxygens (including phenoxy) is 1. The number of nitrogens with zero attached hydrogens (tertiary/aromatic N) is 1. The number of hydrogen-bond acceptors (Lipinski definition) is 4. The van der Waals surface area contributed by atoms with Crippen molar-refractivity contribution in [2.45, 2.75) is 25.4 Å². The molecule has 21 heavy (non-hydrogen) atoms. The van der Waals surface area contributed by atoms with Gasteiger partial charge in [0.05, 0.1) is 12.2 Å². The van der Waals surface area contributed by atoms with Crippen molar-refractivity contribution in [2.75, 3.05) is 20.2 Å². The third-order valence-electron chi connectivity index (χ3n) is 3.56. The minimum Gasteiger partial charge on any atom is -0.493 e. The summed E-state index contributed by atoms with van der Waals surface area (Å²) in [6.07, 6.45) is 0.474. The highest BCUT2D eigenvalue weighted by Crippen LogP contribution is 2.25. The molecule has 1 aromatic rings. The van der Waals surface area contributed by atoms with E-state index < -0.39 is 6.04 Å². The average Bonchev–Trinajstić information content (AvgIpc) is 2.88. The van der Waals surface area contributed by atoms with Crippen LogP contribution in [-0.4, -0.2) is 49.0 Å². The van der Waals surface area contributed by atoms with Crippen molar-refractivity contribution in [1.29, 1.82) is 0 Å².